The molecule has 11 heteroatoms. The first kappa shape index (κ1) is 34.3. The van der Waals surface area contributed by atoms with Crippen LogP contribution < -0.4 is 10.6 Å². The first-order valence-electron chi connectivity index (χ1n) is 14.8. The van der Waals surface area contributed by atoms with Crippen LogP contribution in [0.3, 0.4) is 0 Å². The zero-order chi connectivity index (χ0) is 29.7. The number of ether oxygens (including phenoxy) is 3. The first-order valence-corrected chi connectivity index (χ1v) is 14.8. The average Bonchev–Trinajstić information content (AvgIpc) is 3.33. The number of likely N-dealkylation sites (tertiary alicyclic amines) is 1. The predicted octanol–water partition coefficient (Wildman–Crippen LogP) is 2.64. The Morgan fingerprint density at radius 3 is 2.07 bits per heavy atom. The molecule has 1 aromatic heterocycles. The van der Waals surface area contributed by atoms with E-state index in [-0.39, 0.29) is 44.9 Å². The van der Waals surface area contributed by atoms with Gasteiger partial charge in [0.25, 0.3) is 0 Å². The zero-order valence-corrected chi connectivity index (χ0v) is 24.7. The molecule has 0 radical (unpaired) electrons. The zero-order valence-electron chi connectivity index (χ0n) is 24.7. The van der Waals surface area contributed by atoms with E-state index in [9.17, 15) is 19.2 Å². The van der Waals surface area contributed by atoms with Crippen LogP contribution >= 0.6 is 0 Å². The summed E-state index contributed by atoms with van der Waals surface area (Å²) in [5.41, 5.74) is 0. The van der Waals surface area contributed by atoms with E-state index in [1.807, 2.05) is 25.1 Å². The van der Waals surface area contributed by atoms with E-state index in [4.69, 9.17) is 14.2 Å². The van der Waals surface area contributed by atoms with Crippen molar-refractivity contribution in [2.24, 2.45) is 11.8 Å². The number of pyridine rings is 1. The Hall–Kier alpha value is -2.89. The molecule has 3 amide bonds. The molecule has 11 nitrogen and oxygen atoms in total. The van der Waals surface area contributed by atoms with Crippen molar-refractivity contribution in [1.82, 2.24) is 20.5 Å². The minimum Gasteiger partial charge on any atom is -0.379 e. The minimum absolute atomic E-state index is 0. The minimum atomic E-state index is -0.274. The van der Waals surface area contributed by atoms with Crippen molar-refractivity contribution in [1.29, 1.82) is 0 Å². The van der Waals surface area contributed by atoms with Crippen LogP contribution in [0.25, 0.3) is 0 Å². The third kappa shape index (κ3) is 15.1. The van der Waals surface area contributed by atoms with Gasteiger partial charge in [0.05, 0.1) is 45.6 Å². The highest BCUT2D eigenvalue weighted by Crippen LogP contribution is 2.26. The Morgan fingerprint density at radius 1 is 0.902 bits per heavy atom. The highest BCUT2D eigenvalue weighted by molar-refractivity contribution is 5.89. The van der Waals surface area contributed by atoms with Crippen LogP contribution in [-0.4, -0.2) is 99.2 Å². The number of rotatable bonds is 17. The molecule has 1 aromatic rings. The third-order valence-corrected chi connectivity index (χ3v) is 7.09. The van der Waals surface area contributed by atoms with Crippen LogP contribution in [0.1, 0.15) is 61.1 Å². The van der Waals surface area contributed by atoms with Gasteiger partial charge in [0.15, 0.2) is 0 Å². The van der Waals surface area contributed by atoms with Gasteiger partial charge >= 0.3 is 0 Å². The maximum absolute atomic E-state index is 12.1. The number of amides is 3. The molecule has 1 atom stereocenters. The summed E-state index contributed by atoms with van der Waals surface area (Å²) in [6.07, 6.45) is 9.13. The average molecular weight is 581 g/mol. The topological polar surface area (TPSA) is 136 Å². The Kier molecular flexibility index (Phi) is 17.5. The van der Waals surface area contributed by atoms with E-state index in [2.05, 4.69) is 15.6 Å². The summed E-state index contributed by atoms with van der Waals surface area (Å²) in [7, 11) is 1.70. The normalized spacial score (nSPS) is 20.2. The molecule has 2 N–H and O–H groups in total. The van der Waals surface area contributed by atoms with Crippen molar-refractivity contribution in [2.75, 3.05) is 59.8 Å². The molecule has 1 saturated carbocycles. The lowest BCUT2D eigenvalue weighted by Crippen LogP contribution is -2.39. The van der Waals surface area contributed by atoms with Crippen molar-refractivity contribution in [3.05, 3.63) is 30.6 Å². The van der Waals surface area contributed by atoms with E-state index >= 15 is 0 Å². The molecular weight excluding hydrogens is 528 g/mol. The molecular formula is C30H52N4O7. The lowest BCUT2D eigenvalue weighted by molar-refractivity contribution is -0.128. The number of hydrogen-bond acceptors (Lipinski definition) is 8. The van der Waals surface area contributed by atoms with E-state index in [0.717, 1.165) is 32.1 Å². The summed E-state index contributed by atoms with van der Waals surface area (Å²) in [5.74, 6) is 0.149. The van der Waals surface area contributed by atoms with Gasteiger partial charge in [0, 0.05) is 66.6 Å². The van der Waals surface area contributed by atoms with Gasteiger partial charge in [-0.25, -0.2) is 0 Å². The highest BCUT2D eigenvalue weighted by Gasteiger charge is 2.31. The van der Waals surface area contributed by atoms with Crippen molar-refractivity contribution in [2.45, 2.75) is 64.3 Å². The van der Waals surface area contributed by atoms with Crippen LogP contribution in [0.15, 0.2) is 30.6 Å². The molecule has 1 aliphatic heterocycles. The molecule has 1 aliphatic carbocycles. The number of ketones is 1. The molecule has 41 heavy (non-hydrogen) atoms. The molecule has 2 heterocycles. The summed E-state index contributed by atoms with van der Waals surface area (Å²) in [6.45, 7) is 5.28. The second-order valence-electron chi connectivity index (χ2n) is 10.4. The fourth-order valence-electron chi connectivity index (χ4n) is 4.76. The van der Waals surface area contributed by atoms with Gasteiger partial charge in [-0.3, -0.25) is 24.2 Å². The van der Waals surface area contributed by atoms with E-state index in [0.29, 0.717) is 71.4 Å². The van der Waals surface area contributed by atoms with E-state index < -0.39 is 0 Å². The standard InChI is InChI=1S/C25H43N3O7.C5H5N.2H2/c1-3-4-22(29)19-5-7-21(8-6-19)27-23(30)9-11-33-13-15-35-16-14-34-12-10-26-25(32)20-17-24(31)28(2)18-20;1-2-4-6-5-3-1;;/h19-21H,3-18H2,1-2H3,(H,26,32)(H,27,30);1-5H;2*1H/t19?,20-,21?;;;/m0.../s1. The third-order valence-electron chi connectivity index (χ3n) is 7.09. The smallest absolute Gasteiger partial charge is 0.225 e. The quantitative estimate of drug-likeness (QED) is 0.269. The molecule has 1 saturated heterocycles. The van der Waals surface area contributed by atoms with Crippen LogP contribution in [0.5, 0.6) is 0 Å². The second kappa shape index (κ2) is 20.9. The Labute approximate surface area is 247 Å². The molecule has 0 spiro atoms. The lowest BCUT2D eigenvalue weighted by Gasteiger charge is -2.28. The number of nitrogens with zero attached hydrogens (tertiary/aromatic N) is 2. The molecule has 2 fully saturated rings. The monoisotopic (exact) mass is 580 g/mol. The SMILES string of the molecule is CCCC(=O)C1CCC(NC(=O)CCOCCOCCOCCNC(=O)[C@H]2CC(=O)N(C)C2)CC1.[HH].[HH].c1ccncc1. The molecule has 0 unspecified atom stereocenters. The fraction of sp³-hybridized carbons (Fsp3) is 0.700. The van der Waals surface area contributed by atoms with Crippen LogP contribution in [-0.2, 0) is 33.4 Å². The number of Topliss-reactive ketones (excluding diaryl/α,β-unsaturated/α-hetero) is 1. The van der Waals surface area contributed by atoms with Gasteiger partial charge in [0.1, 0.15) is 5.78 Å². The molecule has 0 bridgehead atoms. The van der Waals surface area contributed by atoms with Gasteiger partial charge in [-0.05, 0) is 44.2 Å². The van der Waals surface area contributed by atoms with Crippen molar-refractivity contribution in [3.8, 4) is 0 Å². The van der Waals surface area contributed by atoms with E-state index in [1.54, 1.807) is 24.3 Å². The fourth-order valence-corrected chi connectivity index (χ4v) is 4.76. The summed E-state index contributed by atoms with van der Waals surface area (Å²) in [6, 6.07) is 5.88. The number of carbonyl (C=O) groups excluding carboxylic acids is 4. The molecule has 3 rings (SSSR count). The lowest BCUT2D eigenvalue weighted by atomic mass is 9.82. The number of hydrogen-bond donors (Lipinski definition) is 2. The van der Waals surface area contributed by atoms with E-state index in [1.165, 1.54) is 0 Å². The molecule has 0 aromatic carbocycles. The highest BCUT2D eigenvalue weighted by atomic mass is 16.5. The van der Waals surface area contributed by atoms with Crippen molar-refractivity contribution in [3.63, 3.8) is 0 Å². The van der Waals surface area contributed by atoms with Gasteiger partial charge in [0.2, 0.25) is 17.7 Å². The largest absolute Gasteiger partial charge is 0.379 e. The maximum atomic E-state index is 12.1. The maximum Gasteiger partial charge on any atom is 0.225 e. The number of aromatic nitrogens is 1. The van der Waals surface area contributed by atoms with Gasteiger partial charge in [-0.1, -0.05) is 13.0 Å². The first-order chi connectivity index (χ1) is 19.9. The Balaban J connectivity index is 0.00000196. The van der Waals surface area contributed by atoms with Gasteiger partial charge in [-0.15, -0.1) is 0 Å². The summed E-state index contributed by atoms with van der Waals surface area (Å²) < 4.78 is 16.3. The Bertz CT molecular complexity index is 879. The van der Waals surface area contributed by atoms with Crippen LogP contribution in [0, 0.1) is 11.8 Å². The Morgan fingerprint density at radius 2 is 1.54 bits per heavy atom. The number of nitrogens with one attached hydrogen (secondary N) is 2. The summed E-state index contributed by atoms with van der Waals surface area (Å²) in [5, 5.41) is 5.84. The van der Waals surface area contributed by atoms with Gasteiger partial charge in [-0.2, -0.15) is 0 Å². The second-order valence-corrected chi connectivity index (χ2v) is 10.4. The molecule has 234 valence electrons. The van der Waals surface area contributed by atoms with Crippen LogP contribution in [0.4, 0.5) is 0 Å². The van der Waals surface area contributed by atoms with Crippen molar-refractivity contribution < 1.29 is 36.2 Å². The summed E-state index contributed by atoms with van der Waals surface area (Å²) in [4.78, 5) is 52.9. The number of carbonyl (C=O) groups is 4. The van der Waals surface area contributed by atoms with Gasteiger partial charge < -0.3 is 29.7 Å². The summed E-state index contributed by atoms with van der Waals surface area (Å²) >= 11 is 0. The van der Waals surface area contributed by atoms with Crippen LogP contribution in [0.2, 0.25) is 0 Å². The van der Waals surface area contributed by atoms with Crippen molar-refractivity contribution >= 4 is 23.5 Å². The predicted molar refractivity (Wildman–Crippen MR) is 158 cm³/mol. The molecule has 2 aliphatic rings.